The van der Waals surface area contributed by atoms with Gasteiger partial charge in [-0.1, -0.05) is 0 Å². The van der Waals surface area contributed by atoms with Crippen LogP contribution in [-0.2, 0) is 0 Å². The van der Waals surface area contributed by atoms with Crippen molar-refractivity contribution in [3.63, 3.8) is 0 Å². The molecule has 0 radical (unpaired) electrons. The third-order valence-corrected chi connectivity index (χ3v) is 2.13. The Hall–Kier alpha value is -0.0400. The van der Waals surface area contributed by atoms with Gasteiger partial charge in [-0.05, 0) is 0 Å². The molecule has 0 atom stereocenters. The molecule has 0 amide bonds. The quantitative estimate of drug-likeness (QED) is 0.519. The van der Waals surface area contributed by atoms with Gasteiger partial charge in [0.15, 0.2) is 0 Å². The van der Waals surface area contributed by atoms with E-state index in [2.05, 4.69) is 30.8 Å². The number of rotatable bonds is 1. The molecule has 0 N–H and O–H groups in total. The molecule has 0 aliphatic carbocycles. The molecule has 1 heteroatoms. The summed E-state index contributed by atoms with van der Waals surface area (Å²) in [5.41, 5.74) is 2.42. The van der Waals surface area contributed by atoms with E-state index in [-0.39, 0.29) is 0 Å². The van der Waals surface area contributed by atoms with Gasteiger partial charge >= 0.3 is 79.6 Å². The summed E-state index contributed by atoms with van der Waals surface area (Å²) in [4.78, 5) is 0. The second kappa shape index (κ2) is 3.38. The third kappa shape index (κ3) is 1.98. The molecule has 0 aliphatic rings. The molecule has 0 spiro atoms. The fraction of sp³-hybridized carbons (Fsp3) is 0.111. The molecular formula is C9H9Na. The Morgan fingerprint density at radius 1 is 1.50 bits per heavy atom. The van der Waals surface area contributed by atoms with Gasteiger partial charge in [0.25, 0.3) is 0 Å². The van der Waals surface area contributed by atoms with E-state index < -0.39 is 0 Å². The molecule has 46 valence electrons. The second-order valence-corrected chi connectivity index (χ2v) is 3.80. The minimum absolute atomic E-state index is 1.13. The third-order valence-electron chi connectivity index (χ3n) is 1.51. The van der Waals surface area contributed by atoms with Crippen molar-refractivity contribution in [1.82, 2.24) is 0 Å². The van der Waals surface area contributed by atoms with Crippen LogP contribution in [0.2, 0.25) is 0 Å². The summed E-state index contributed by atoms with van der Waals surface area (Å²) >= 11 is 1.13. The zero-order valence-electron chi connectivity index (χ0n) is 6.52. The summed E-state index contributed by atoms with van der Waals surface area (Å²) in [5, 5.41) is 0. The van der Waals surface area contributed by atoms with Crippen LogP contribution in [0.3, 0.4) is 0 Å². The molecule has 1 aromatic carbocycles. The van der Waals surface area contributed by atoms with E-state index in [1.165, 1.54) is 8.38 Å². The van der Waals surface area contributed by atoms with E-state index in [1.54, 1.807) is 0 Å². The van der Waals surface area contributed by atoms with Gasteiger partial charge in [0.1, 0.15) is 0 Å². The summed E-state index contributed by atoms with van der Waals surface area (Å²) in [5.74, 6) is 0. The van der Waals surface area contributed by atoms with E-state index in [4.69, 9.17) is 0 Å². The van der Waals surface area contributed by atoms with Crippen LogP contribution in [-0.4, -0.2) is 27.9 Å². The molecule has 10 heavy (non-hydrogen) atoms. The van der Waals surface area contributed by atoms with Crippen LogP contribution in [0.25, 0.3) is 5.57 Å². The van der Waals surface area contributed by atoms with E-state index in [9.17, 15) is 0 Å². The Morgan fingerprint density at radius 2 is 2.20 bits per heavy atom. The van der Waals surface area contributed by atoms with E-state index in [0.29, 0.717) is 0 Å². The maximum absolute atomic E-state index is 3.88. The van der Waals surface area contributed by atoms with Gasteiger partial charge in [0.05, 0.1) is 0 Å². The predicted molar refractivity (Wildman–Crippen MR) is 46.5 cm³/mol. The van der Waals surface area contributed by atoms with Crippen molar-refractivity contribution in [3.05, 3.63) is 36.4 Å². The molecule has 1 aromatic rings. The minimum atomic E-state index is 1.13. The van der Waals surface area contributed by atoms with Crippen molar-refractivity contribution in [1.29, 1.82) is 0 Å². The number of hydrogen-bond donors (Lipinski definition) is 0. The van der Waals surface area contributed by atoms with Gasteiger partial charge in [-0.2, -0.15) is 0 Å². The molecule has 0 saturated heterocycles. The molecule has 0 bridgehead atoms. The standard InChI is InChI=1S/C9H9.Na/c1-8(2)9-6-4-3-5-7-9;/h3-4,6-7H,1H2,2H3;. The molecule has 0 aliphatic heterocycles. The SMILES string of the molecule is C=C(C)c1ccc[c]([Na])c1. The average Bonchev–Trinajstić information content (AvgIpc) is 1.88. The fourth-order valence-corrected chi connectivity index (χ4v) is 1.41. The Balaban J connectivity index is 3.07. The fourth-order valence-electron chi connectivity index (χ4n) is 0.911. The predicted octanol–water partition coefficient (Wildman–Crippen LogP) is 1.51. The van der Waals surface area contributed by atoms with Crippen molar-refractivity contribution in [2.24, 2.45) is 0 Å². The summed E-state index contributed by atoms with van der Waals surface area (Å²) in [6, 6.07) is 8.54. The van der Waals surface area contributed by atoms with Crippen molar-refractivity contribution in [2.45, 2.75) is 6.92 Å². The van der Waals surface area contributed by atoms with E-state index in [1.807, 2.05) is 6.92 Å². The van der Waals surface area contributed by atoms with Crippen LogP contribution in [0.4, 0.5) is 0 Å². The summed E-state index contributed by atoms with van der Waals surface area (Å²) in [7, 11) is 0. The first-order valence-electron chi connectivity index (χ1n) is 3.42. The van der Waals surface area contributed by atoms with Gasteiger partial charge in [0, 0.05) is 0 Å². The van der Waals surface area contributed by atoms with Crippen LogP contribution in [0.15, 0.2) is 30.8 Å². The molecule has 0 fully saturated rings. The van der Waals surface area contributed by atoms with E-state index in [0.717, 1.165) is 33.5 Å². The Labute approximate surface area is 79.4 Å². The molecule has 1 rings (SSSR count). The normalized spacial score (nSPS) is 9.50. The van der Waals surface area contributed by atoms with Crippen LogP contribution >= 0.6 is 0 Å². The van der Waals surface area contributed by atoms with Gasteiger partial charge in [-0.15, -0.1) is 0 Å². The van der Waals surface area contributed by atoms with Crippen molar-refractivity contribution in [3.8, 4) is 0 Å². The van der Waals surface area contributed by atoms with Crippen molar-refractivity contribution >= 4 is 36.3 Å². The van der Waals surface area contributed by atoms with Gasteiger partial charge < -0.3 is 0 Å². The first-order chi connectivity index (χ1) is 4.70. The summed E-state index contributed by atoms with van der Waals surface area (Å²) in [6.07, 6.45) is 0. The Morgan fingerprint density at radius 3 is 2.60 bits per heavy atom. The molecule has 0 unspecified atom stereocenters. The first-order valence-corrected chi connectivity index (χ1v) is 4.42. The van der Waals surface area contributed by atoms with Crippen molar-refractivity contribution in [2.75, 3.05) is 0 Å². The van der Waals surface area contributed by atoms with Crippen LogP contribution < -0.4 is 2.81 Å². The monoisotopic (exact) mass is 140 g/mol. The summed E-state index contributed by atoms with van der Waals surface area (Å²) in [6.45, 7) is 5.92. The maximum atomic E-state index is 3.88. The molecule has 0 aromatic heterocycles. The van der Waals surface area contributed by atoms with Crippen LogP contribution in [0, 0.1) is 0 Å². The zero-order valence-corrected chi connectivity index (χ0v) is 8.52. The second-order valence-electron chi connectivity index (χ2n) is 2.65. The van der Waals surface area contributed by atoms with Crippen LogP contribution in [0.1, 0.15) is 12.5 Å². The molecule has 0 heterocycles. The zero-order chi connectivity index (χ0) is 7.56. The van der Waals surface area contributed by atoms with Crippen molar-refractivity contribution < 1.29 is 0 Å². The number of allylic oxidation sites excluding steroid dienone is 1. The Kier molecular flexibility index (Phi) is 2.72. The van der Waals surface area contributed by atoms with Gasteiger partial charge in [-0.3, -0.25) is 0 Å². The van der Waals surface area contributed by atoms with E-state index >= 15 is 0 Å². The topological polar surface area (TPSA) is 0 Å². The first kappa shape index (κ1) is 8.06. The summed E-state index contributed by atoms with van der Waals surface area (Å²) < 4.78 is 1.43. The number of hydrogen-bond acceptors (Lipinski definition) is 0. The molecular weight excluding hydrogens is 131 g/mol. The van der Waals surface area contributed by atoms with Gasteiger partial charge in [-0.25, -0.2) is 0 Å². The molecule has 0 saturated carbocycles. The number of benzene rings is 1. The molecule has 0 nitrogen and oxygen atoms in total. The van der Waals surface area contributed by atoms with Gasteiger partial charge in [0.2, 0.25) is 0 Å². The Bertz CT molecular complexity index is 251. The average molecular weight is 140 g/mol. The van der Waals surface area contributed by atoms with Crippen LogP contribution in [0.5, 0.6) is 0 Å².